The standard InChI is InChI=1S/C9H15NOS/c1-7-8(4-10-2)6-12-9(7)5-11-3/h6,10H,4-5H2,1-3H3. The molecule has 0 amide bonds. The maximum Gasteiger partial charge on any atom is 0.0808 e. The molecule has 0 atom stereocenters. The Kier molecular flexibility index (Phi) is 3.72. The van der Waals surface area contributed by atoms with Crippen LogP contribution in [0.2, 0.25) is 0 Å². The van der Waals surface area contributed by atoms with Crippen molar-refractivity contribution in [2.24, 2.45) is 0 Å². The first-order valence-electron chi connectivity index (χ1n) is 3.99. The first-order chi connectivity index (χ1) is 5.79. The molecular formula is C9H15NOS. The quantitative estimate of drug-likeness (QED) is 0.774. The van der Waals surface area contributed by atoms with Crippen LogP contribution in [-0.4, -0.2) is 14.2 Å². The molecule has 12 heavy (non-hydrogen) atoms. The number of hydrogen-bond donors (Lipinski definition) is 1. The van der Waals surface area contributed by atoms with Crippen molar-refractivity contribution in [2.75, 3.05) is 14.2 Å². The zero-order chi connectivity index (χ0) is 8.97. The van der Waals surface area contributed by atoms with E-state index < -0.39 is 0 Å². The van der Waals surface area contributed by atoms with Gasteiger partial charge in [0.1, 0.15) is 0 Å². The van der Waals surface area contributed by atoms with Crippen molar-refractivity contribution >= 4 is 11.3 Å². The molecule has 0 radical (unpaired) electrons. The summed E-state index contributed by atoms with van der Waals surface area (Å²) in [6, 6.07) is 0. The van der Waals surface area contributed by atoms with E-state index in [1.165, 1.54) is 16.0 Å². The fourth-order valence-electron chi connectivity index (χ4n) is 1.14. The van der Waals surface area contributed by atoms with Crippen LogP contribution in [0.3, 0.4) is 0 Å². The van der Waals surface area contributed by atoms with Crippen molar-refractivity contribution in [3.63, 3.8) is 0 Å². The number of ether oxygens (including phenoxy) is 1. The molecule has 0 aliphatic carbocycles. The molecule has 0 aromatic carbocycles. The van der Waals surface area contributed by atoms with Gasteiger partial charge in [-0.05, 0) is 30.5 Å². The molecule has 0 aliphatic rings. The molecule has 68 valence electrons. The highest BCUT2D eigenvalue weighted by molar-refractivity contribution is 7.10. The van der Waals surface area contributed by atoms with Crippen LogP contribution in [0.1, 0.15) is 16.0 Å². The van der Waals surface area contributed by atoms with Gasteiger partial charge in [0.15, 0.2) is 0 Å². The largest absolute Gasteiger partial charge is 0.379 e. The van der Waals surface area contributed by atoms with E-state index in [1.54, 1.807) is 18.4 Å². The van der Waals surface area contributed by atoms with Crippen LogP contribution in [0.4, 0.5) is 0 Å². The Hall–Kier alpha value is -0.380. The second-order valence-electron chi connectivity index (χ2n) is 2.77. The van der Waals surface area contributed by atoms with Gasteiger partial charge in [-0.25, -0.2) is 0 Å². The highest BCUT2D eigenvalue weighted by atomic mass is 32.1. The summed E-state index contributed by atoms with van der Waals surface area (Å²) >= 11 is 1.78. The zero-order valence-electron chi connectivity index (χ0n) is 7.81. The Morgan fingerprint density at radius 3 is 2.92 bits per heavy atom. The summed E-state index contributed by atoms with van der Waals surface area (Å²) in [5, 5.41) is 5.34. The summed E-state index contributed by atoms with van der Waals surface area (Å²) in [4.78, 5) is 1.34. The van der Waals surface area contributed by atoms with Gasteiger partial charge < -0.3 is 10.1 Å². The average molecular weight is 185 g/mol. The normalized spacial score (nSPS) is 10.6. The van der Waals surface area contributed by atoms with E-state index in [-0.39, 0.29) is 0 Å². The van der Waals surface area contributed by atoms with Crippen LogP contribution in [-0.2, 0) is 17.9 Å². The third kappa shape index (κ3) is 2.06. The molecule has 0 saturated heterocycles. The van der Waals surface area contributed by atoms with Gasteiger partial charge >= 0.3 is 0 Å². The minimum Gasteiger partial charge on any atom is -0.379 e. The molecule has 1 aromatic heterocycles. The zero-order valence-corrected chi connectivity index (χ0v) is 8.62. The van der Waals surface area contributed by atoms with Gasteiger partial charge in [-0.1, -0.05) is 0 Å². The SMILES string of the molecule is CNCc1csc(COC)c1C. The Balaban J connectivity index is 2.74. The second kappa shape index (κ2) is 4.60. The molecule has 0 unspecified atom stereocenters. The topological polar surface area (TPSA) is 21.3 Å². The maximum atomic E-state index is 5.09. The van der Waals surface area contributed by atoms with Gasteiger partial charge in [0, 0.05) is 18.5 Å². The monoisotopic (exact) mass is 185 g/mol. The van der Waals surface area contributed by atoms with Gasteiger partial charge in [0.25, 0.3) is 0 Å². The van der Waals surface area contributed by atoms with Crippen LogP contribution in [0, 0.1) is 6.92 Å². The van der Waals surface area contributed by atoms with Crippen molar-refractivity contribution in [1.82, 2.24) is 5.32 Å². The van der Waals surface area contributed by atoms with E-state index in [2.05, 4.69) is 17.6 Å². The second-order valence-corrected chi connectivity index (χ2v) is 3.74. The van der Waals surface area contributed by atoms with E-state index >= 15 is 0 Å². The maximum absolute atomic E-state index is 5.09. The fourth-order valence-corrected chi connectivity index (χ4v) is 2.17. The van der Waals surface area contributed by atoms with Crippen molar-refractivity contribution in [2.45, 2.75) is 20.1 Å². The first-order valence-corrected chi connectivity index (χ1v) is 4.87. The number of rotatable bonds is 4. The Morgan fingerprint density at radius 1 is 1.58 bits per heavy atom. The molecule has 0 bridgehead atoms. The van der Waals surface area contributed by atoms with Gasteiger partial charge in [0.2, 0.25) is 0 Å². The van der Waals surface area contributed by atoms with Gasteiger partial charge in [-0.2, -0.15) is 0 Å². The smallest absolute Gasteiger partial charge is 0.0808 e. The molecular weight excluding hydrogens is 170 g/mol. The summed E-state index contributed by atoms with van der Waals surface area (Å²) in [5.41, 5.74) is 2.76. The van der Waals surface area contributed by atoms with E-state index in [0.29, 0.717) is 0 Å². The number of methoxy groups -OCH3 is 1. The van der Waals surface area contributed by atoms with Crippen molar-refractivity contribution in [3.05, 3.63) is 21.4 Å². The van der Waals surface area contributed by atoms with Crippen molar-refractivity contribution in [1.29, 1.82) is 0 Å². The van der Waals surface area contributed by atoms with Gasteiger partial charge in [-0.3, -0.25) is 0 Å². The van der Waals surface area contributed by atoms with E-state index in [1.807, 2.05) is 7.05 Å². The van der Waals surface area contributed by atoms with Crippen molar-refractivity contribution < 1.29 is 4.74 Å². The van der Waals surface area contributed by atoms with E-state index in [0.717, 1.165) is 13.2 Å². The van der Waals surface area contributed by atoms with Crippen LogP contribution in [0.15, 0.2) is 5.38 Å². The predicted octanol–water partition coefficient (Wildman–Crippen LogP) is 1.92. The number of hydrogen-bond acceptors (Lipinski definition) is 3. The summed E-state index contributed by atoms with van der Waals surface area (Å²) < 4.78 is 5.09. The third-order valence-electron chi connectivity index (χ3n) is 1.89. The molecule has 0 fully saturated rings. The Labute approximate surface area is 77.6 Å². The average Bonchev–Trinajstić information content (AvgIpc) is 2.38. The summed E-state index contributed by atoms with van der Waals surface area (Å²) in [5.74, 6) is 0. The fraction of sp³-hybridized carbons (Fsp3) is 0.556. The van der Waals surface area contributed by atoms with E-state index in [4.69, 9.17) is 4.74 Å². The lowest BCUT2D eigenvalue weighted by Crippen LogP contribution is -2.05. The molecule has 3 heteroatoms. The Bertz CT molecular complexity index is 221. The first kappa shape index (κ1) is 9.71. The Morgan fingerprint density at radius 2 is 2.33 bits per heavy atom. The van der Waals surface area contributed by atoms with Crippen LogP contribution in [0.25, 0.3) is 0 Å². The van der Waals surface area contributed by atoms with E-state index in [9.17, 15) is 0 Å². The lowest BCUT2D eigenvalue weighted by Gasteiger charge is -2.00. The number of nitrogens with one attached hydrogen (secondary N) is 1. The third-order valence-corrected chi connectivity index (χ3v) is 3.00. The summed E-state index contributed by atoms with van der Waals surface area (Å²) in [6.07, 6.45) is 0. The minimum atomic E-state index is 0.736. The van der Waals surface area contributed by atoms with Gasteiger partial charge in [-0.15, -0.1) is 11.3 Å². The molecule has 1 N–H and O–H groups in total. The molecule has 0 saturated carbocycles. The van der Waals surface area contributed by atoms with Crippen LogP contribution < -0.4 is 5.32 Å². The number of thiophene rings is 1. The highest BCUT2D eigenvalue weighted by Crippen LogP contribution is 2.22. The molecule has 2 nitrogen and oxygen atoms in total. The molecule has 1 aromatic rings. The minimum absolute atomic E-state index is 0.736. The lowest BCUT2D eigenvalue weighted by molar-refractivity contribution is 0.187. The molecule has 1 heterocycles. The van der Waals surface area contributed by atoms with Crippen molar-refractivity contribution in [3.8, 4) is 0 Å². The molecule has 1 rings (SSSR count). The molecule has 0 spiro atoms. The lowest BCUT2D eigenvalue weighted by atomic mass is 10.2. The van der Waals surface area contributed by atoms with Crippen LogP contribution in [0.5, 0.6) is 0 Å². The summed E-state index contributed by atoms with van der Waals surface area (Å²) in [6.45, 7) is 3.84. The van der Waals surface area contributed by atoms with Crippen LogP contribution >= 0.6 is 11.3 Å². The molecule has 0 aliphatic heterocycles. The predicted molar refractivity (Wildman–Crippen MR) is 52.5 cm³/mol. The van der Waals surface area contributed by atoms with Gasteiger partial charge in [0.05, 0.1) is 6.61 Å². The summed E-state index contributed by atoms with van der Waals surface area (Å²) in [7, 11) is 3.70. The highest BCUT2D eigenvalue weighted by Gasteiger charge is 2.05.